The van der Waals surface area contributed by atoms with Crippen LogP contribution in [0.1, 0.15) is 12.5 Å². The van der Waals surface area contributed by atoms with Gasteiger partial charge in [0.1, 0.15) is 0 Å². The van der Waals surface area contributed by atoms with E-state index in [1.165, 1.54) is 65.3 Å². The molecule has 54 heavy (non-hydrogen) atoms. The van der Waals surface area contributed by atoms with E-state index in [1.807, 2.05) is 13.0 Å². The summed E-state index contributed by atoms with van der Waals surface area (Å²) in [6.07, 6.45) is 8.08. The fourth-order valence-corrected chi connectivity index (χ4v) is 7.77. The maximum Gasteiger partial charge on any atom is 0.0462 e. The molecule has 9 rings (SSSR count). The van der Waals surface area contributed by atoms with Crippen LogP contribution in [0.4, 0.5) is 17.1 Å². The largest absolute Gasteiger partial charge is 0.311 e. The lowest BCUT2D eigenvalue weighted by atomic mass is 9.96. The van der Waals surface area contributed by atoms with Crippen LogP contribution >= 0.6 is 0 Å². The monoisotopic (exact) mass is 689 g/mol. The molecule has 0 radical (unpaired) electrons. The second-order valence-corrected chi connectivity index (χ2v) is 13.8. The third kappa shape index (κ3) is 6.16. The van der Waals surface area contributed by atoms with Gasteiger partial charge in [0.25, 0.3) is 0 Å². The van der Waals surface area contributed by atoms with Gasteiger partial charge in [0.05, 0.1) is 0 Å². The SMILES string of the molecule is C=C/C=C(\C=C/C)c1ccc(N(c2ccc(-c3ccc4ccc5ccccc5c4c3)cc2)c2ccc(-c3ccc4ccc5ccccc5c4c3)cc2)cc1. The fraction of sp³-hybridized carbons (Fsp3) is 0.0189. The van der Waals surface area contributed by atoms with Gasteiger partial charge in [0.15, 0.2) is 0 Å². The summed E-state index contributed by atoms with van der Waals surface area (Å²) in [6, 6.07) is 66.4. The van der Waals surface area contributed by atoms with Crippen LogP contribution in [-0.2, 0) is 0 Å². The van der Waals surface area contributed by atoms with Crippen molar-refractivity contribution in [1.29, 1.82) is 0 Å². The first kappa shape index (κ1) is 32.9. The second-order valence-electron chi connectivity index (χ2n) is 13.8. The Kier molecular flexibility index (Phi) is 8.67. The van der Waals surface area contributed by atoms with E-state index < -0.39 is 0 Å². The van der Waals surface area contributed by atoms with Crippen LogP contribution in [0.25, 0.3) is 70.9 Å². The van der Waals surface area contributed by atoms with Crippen LogP contribution in [0.3, 0.4) is 0 Å². The summed E-state index contributed by atoms with van der Waals surface area (Å²) >= 11 is 0. The Bertz CT molecular complexity index is 2710. The molecule has 0 aliphatic carbocycles. The Labute approximate surface area is 317 Å². The minimum absolute atomic E-state index is 1.09. The first-order valence-corrected chi connectivity index (χ1v) is 18.6. The molecule has 0 bridgehead atoms. The van der Waals surface area contributed by atoms with E-state index >= 15 is 0 Å². The van der Waals surface area contributed by atoms with E-state index in [4.69, 9.17) is 0 Å². The van der Waals surface area contributed by atoms with Crippen molar-refractivity contribution in [3.8, 4) is 22.3 Å². The first-order chi connectivity index (χ1) is 26.7. The van der Waals surface area contributed by atoms with Gasteiger partial charge in [0, 0.05) is 17.1 Å². The normalized spacial score (nSPS) is 11.9. The molecule has 0 aromatic heterocycles. The summed E-state index contributed by atoms with van der Waals surface area (Å²) in [6.45, 7) is 5.97. The lowest BCUT2D eigenvalue weighted by molar-refractivity contribution is 1.28. The van der Waals surface area contributed by atoms with Gasteiger partial charge in [-0.25, -0.2) is 0 Å². The molecule has 0 aliphatic rings. The lowest BCUT2D eigenvalue weighted by Gasteiger charge is -2.26. The van der Waals surface area contributed by atoms with Crippen LogP contribution < -0.4 is 4.90 Å². The van der Waals surface area contributed by atoms with Gasteiger partial charge in [0.2, 0.25) is 0 Å². The number of fused-ring (bicyclic) bond motifs is 6. The van der Waals surface area contributed by atoms with Crippen molar-refractivity contribution < 1.29 is 0 Å². The second kappa shape index (κ2) is 14.2. The third-order valence-electron chi connectivity index (χ3n) is 10.5. The Morgan fingerprint density at radius 2 is 0.815 bits per heavy atom. The van der Waals surface area contributed by atoms with Crippen LogP contribution in [0.2, 0.25) is 0 Å². The molecular formula is C53H39N. The fourth-order valence-electron chi connectivity index (χ4n) is 7.77. The molecule has 1 nitrogen and oxygen atoms in total. The average Bonchev–Trinajstić information content (AvgIpc) is 3.24. The standard InChI is InChI=1S/C53H39N/c1-3-9-37(10-4-2)38-23-29-47(30-24-38)54(48-31-25-39(26-32-48)45-21-19-43-17-15-41-11-5-7-13-50(41)52(43)35-45)49-33-27-40(28-34-49)46-22-20-44-18-16-42-12-6-8-14-51(42)53(44)36-46/h3-36H,1H2,2H3/b10-4-,37-9+. The maximum atomic E-state index is 3.93. The van der Waals surface area contributed by atoms with Crippen molar-refractivity contribution in [3.63, 3.8) is 0 Å². The molecule has 0 saturated carbocycles. The number of benzene rings is 9. The molecular weight excluding hydrogens is 651 g/mol. The number of hydrogen-bond acceptors (Lipinski definition) is 1. The summed E-state index contributed by atoms with van der Waals surface area (Å²) in [5.74, 6) is 0. The molecule has 0 heterocycles. The topological polar surface area (TPSA) is 3.24 Å². The van der Waals surface area contributed by atoms with E-state index in [-0.39, 0.29) is 0 Å². The van der Waals surface area contributed by atoms with Crippen molar-refractivity contribution in [2.24, 2.45) is 0 Å². The molecule has 0 aliphatic heterocycles. The number of rotatable bonds is 8. The number of nitrogens with zero attached hydrogens (tertiary/aromatic N) is 1. The van der Waals surface area contributed by atoms with Gasteiger partial charge in [-0.05, 0) is 132 Å². The predicted molar refractivity (Wildman–Crippen MR) is 235 cm³/mol. The molecule has 1 heteroatoms. The molecule has 0 N–H and O–H groups in total. The Hall–Kier alpha value is -6.96. The van der Waals surface area contributed by atoms with Crippen molar-refractivity contribution in [1.82, 2.24) is 0 Å². The van der Waals surface area contributed by atoms with Gasteiger partial charge in [-0.1, -0.05) is 164 Å². The quantitative estimate of drug-likeness (QED) is 0.113. The van der Waals surface area contributed by atoms with E-state index in [0.717, 1.165) is 28.2 Å². The summed E-state index contributed by atoms with van der Waals surface area (Å²) in [4.78, 5) is 2.34. The summed E-state index contributed by atoms with van der Waals surface area (Å²) in [5.41, 5.74) is 10.4. The van der Waals surface area contributed by atoms with Gasteiger partial charge in [-0.15, -0.1) is 0 Å². The predicted octanol–water partition coefficient (Wildman–Crippen LogP) is 15.2. The van der Waals surface area contributed by atoms with Crippen LogP contribution in [-0.4, -0.2) is 0 Å². The van der Waals surface area contributed by atoms with E-state index in [9.17, 15) is 0 Å². The van der Waals surface area contributed by atoms with Gasteiger partial charge in [-0.3, -0.25) is 0 Å². The van der Waals surface area contributed by atoms with Gasteiger partial charge < -0.3 is 4.90 Å². The van der Waals surface area contributed by atoms with Crippen molar-refractivity contribution in [2.45, 2.75) is 6.92 Å². The molecule has 0 spiro atoms. The summed E-state index contributed by atoms with van der Waals surface area (Å²) in [5, 5.41) is 10.1. The minimum Gasteiger partial charge on any atom is -0.311 e. The smallest absolute Gasteiger partial charge is 0.0462 e. The molecule has 9 aromatic rings. The molecule has 0 saturated heterocycles. The van der Waals surface area contributed by atoms with E-state index in [2.05, 4.69) is 212 Å². The van der Waals surface area contributed by atoms with Crippen LogP contribution in [0.15, 0.2) is 213 Å². The molecule has 0 fully saturated rings. The molecule has 9 aromatic carbocycles. The highest BCUT2D eigenvalue weighted by atomic mass is 15.1. The number of allylic oxidation sites excluding steroid dienone is 5. The highest BCUT2D eigenvalue weighted by molar-refractivity contribution is 6.09. The van der Waals surface area contributed by atoms with E-state index in [1.54, 1.807) is 0 Å². The zero-order valence-corrected chi connectivity index (χ0v) is 30.3. The van der Waals surface area contributed by atoms with Crippen molar-refractivity contribution in [2.75, 3.05) is 4.90 Å². The molecule has 0 atom stereocenters. The van der Waals surface area contributed by atoms with Gasteiger partial charge >= 0.3 is 0 Å². The molecule has 256 valence electrons. The Morgan fingerprint density at radius 3 is 1.26 bits per heavy atom. The van der Waals surface area contributed by atoms with Crippen molar-refractivity contribution >= 4 is 65.7 Å². The molecule has 0 unspecified atom stereocenters. The zero-order chi connectivity index (χ0) is 36.4. The Balaban J connectivity index is 1.10. The average molecular weight is 690 g/mol. The maximum absolute atomic E-state index is 3.93. The first-order valence-electron chi connectivity index (χ1n) is 18.6. The summed E-state index contributed by atoms with van der Waals surface area (Å²) < 4.78 is 0. The highest BCUT2D eigenvalue weighted by Crippen LogP contribution is 2.39. The Morgan fingerprint density at radius 1 is 0.426 bits per heavy atom. The molecule has 0 amide bonds. The van der Waals surface area contributed by atoms with Crippen LogP contribution in [0, 0.1) is 0 Å². The third-order valence-corrected chi connectivity index (χ3v) is 10.5. The highest BCUT2D eigenvalue weighted by Gasteiger charge is 2.15. The van der Waals surface area contributed by atoms with Crippen LogP contribution in [0.5, 0.6) is 0 Å². The van der Waals surface area contributed by atoms with Crippen molar-refractivity contribution in [3.05, 3.63) is 218 Å². The zero-order valence-electron chi connectivity index (χ0n) is 30.3. The summed E-state index contributed by atoms with van der Waals surface area (Å²) in [7, 11) is 0. The van der Waals surface area contributed by atoms with E-state index in [0.29, 0.717) is 0 Å². The minimum atomic E-state index is 1.09. The number of hydrogen-bond donors (Lipinski definition) is 0. The lowest BCUT2D eigenvalue weighted by Crippen LogP contribution is -2.10. The number of anilines is 3. The van der Waals surface area contributed by atoms with Gasteiger partial charge in [-0.2, -0.15) is 0 Å².